The number of hydrogen-bond donors (Lipinski definition) is 2. The van der Waals surface area contributed by atoms with Gasteiger partial charge < -0.3 is 5.11 Å². The van der Waals surface area contributed by atoms with Crippen LogP contribution in [0.3, 0.4) is 0 Å². The third kappa shape index (κ3) is 7.77. The van der Waals surface area contributed by atoms with Gasteiger partial charge in [-0.15, -0.1) is 0 Å². The summed E-state index contributed by atoms with van der Waals surface area (Å²) in [6, 6.07) is 34.1. The van der Waals surface area contributed by atoms with E-state index in [1.165, 1.54) is 34.6 Å². The molecular weight excluding hydrogens is 665 g/mol. The first kappa shape index (κ1) is 33.2. The molecule has 0 bridgehead atoms. The number of phenols is 1. The number of halogens is 2. The normalized spacial score (nSPS) is 11.8. The van der Waals surface area contributed by atoms with Crippen LogP contribution in [0.4, 0.5) is 0 Å². The van der Waals surface area contributed by atoms with Crippen molar-refractivity contribution in [2.75, 3.05) is 0 Å². The summed E-state index contributed by atoms with van der Waals surface area (Å²) < 4.78 is 57.1. The minimum absolute atomic E-state index is 0.00667. The van der Waals surface area contributed by atoms with E-state index >= 15 is 0 Å². The van der Waals surface area contributed by atoms with Crippen LogP contribution >= 0.6 is 23.2 Å². The van der Waals surface area contributed by atoms with Crippen molar-refractivity contribution in [3.63, 3.8) is 0 Å². The Morgan fingerprint density at radius 1 is 0.717 bits per heavy atom. The Morgan fingerprint density at radius 2 is 1.26 bits per heavy atom. The summed E-state index contributed by atoms with van der Waals surface area (Å²) in [6.07, 6.45) is 0. The molecule has 0 heterocycles. The number of rotatable bonds is 11. The highest BCUT2D eigenvalue weighted by Gasteiger charge is 2.29. The topological polar surface area (TPSA) is 128 Å². The second-order valence-corrected chi connectivity index (χ2v) is 14.9. The molecule has 0 aromatic heterocycles. The minimum Gasteiger partial charge on any atom is -0.505 e. The lowest BCUT2D eigenvalue weighted by Gasteiger charge is -2.24. The van der Waals surface area contributed by atoms with E-state index in [9.17, 15) is 21.9 Å². The van der Waals surface area contributed by atoms with Crippen LogP contribution in [0.15, 0.2) is 125 Å². The summed E-state index contributed by atoms with van der Waals surface area (Å²) in [5.74, 6) is -0.597. The summed E-state index contributed by atoms with van der Waals surface area (Å²) in [7, 11) is -8.13. The highest BCUT2D eigenvalue weighted by atomic mass is 35.5. The Hall–Kier alpha value is -4.21. The van der Waals surface area contributed by atoms with Crippen molar-refractivity contribution in [3.05, 3.63) is 148 Å². The van der Waals surface area contributed by atoms with E-state index in [0.717, 1.165) is 17.2 Å². The van der Waals surface area contributed by atoms with Crippen molar-refractivity contribution in [2.24, 2.45) is 0 Å². The molecule has 0 aliphatic heterocycles. The van der Waals surface area contributed by atoms with Crippen LogP contribution in [0.2, 0.25) is 10.0 Å². The van der Waals surface area contributed by atoms with E-state index in [1.54, 1.807) is 24.3 Å². The molecule has 5 aromatic carbocycles. The third-order valence-corrected chi connectivity index (χ3v) is 10.9. The van der Waals surface area contributed by atoms with Crippen molar-refractivity contribution >= 4 is 43.2 Å². The lowest BCUT2D eigenvalue weighted by Crippen LogP contribution is -2.30. The molecule has 0 radical (unpaired) electrons. The third-order valence-electron chi connectivity index (χ3n) is 7.17. The number of hydrogen-bond acceptors (Lipinski definition) is 6. The van der Waals surface area contributed by atoms with Gasteiger partial charge in [0, 0.05) is 24.7 Å². The zero-order valence-corrected chi connectivity index (χ0v) is 27.3. The van der Waals surface area contributed by atoms with Crippen molar-refractivity contribution in [2.45, 2.75) is 29.4 Å². The predicted molar refractivity (Wildman–Crippen MR) is 178 cm³/mol. The largest absolute Gasteiger partial charge is 0.505 e. The quantitative estimate of drug-likeness (QED) is 0.152. The molecule has 0 unspecified atom stereocenters. The monoisotopic (exact) mass is 691 g/mol. The van der Waals surface area contributed by atoms with Gasteiger partial charge >= 0.3 is 0 Å². The van der Waals surface area contributed by atoms with Crippen molar-refractivity contribution in [1.29, 1.82) is 5.26 Å². The number of nitriles is 1. The molecule has 0 atom stereocenters. The van der Waals surface area contributed by atoms with Gasteiger partial charge in [-0.2, -0.15) is 9.57 Å². The van der Waals surface area contributed by atoms with Gasteiger partial charge in [-0.3, -0.25) is 0 Å². The highest BCUT2D eigenvalue weighted by Crippen LogP contribution is 2.36. The average molecular weight is 693 g/mol. The second-order valence-electron chi connectivity index (χ2n) is 10.3. The summed E-state index contributed by atoms with van der Waals surface area (Å²) in [4.78, 5) is -0.384. The van der Waals surface area contributed by atoms with E-state index < -0.39 is 30.7 Å². The van der Waals surface area contributed by atoms with Crippen molar-refractivity contribution < 1.29 is 21.9 Å². The molecule has 5 aromatic rings. The van der Waals surface area contributed by atoms with Crippen molar-refractivity contribution in [1.82, 2.24) is 9.03 Å². The lowest BCUT2D eigenvalue weighted by molar-refractivity contribution is 0.394. The molecule has 12 heteroatoms. The summed E-state index contributed by atoms with van der Waals surface area (Å²) >= 11 is 12.2. The molecule has 0 saturated carbocycles. The molecule has 0 fully saturated rings. The van der Waals surface area contributed by atoms with Gasteiger partial charge in [-0.05, 0) is 64.2 Å². The van der Waals surface area contributed by atoms with E-state index in [-0.39, 0.29) is 34.6 Å². The van der Waals surface area contributed by atoms with E-state index in [4.69, 9.17) is 28.5 Å². The minimum atomic E-state index is -4.31. The number of phenolic OH excluding ortho intramolecular Hbond substituents is 1. The van der Waals surface area contributed by atoms with Gasteiger partial charge in [0.2, 0.25) is 20.0 Å². The molecule has 234 valence electrons. The smallest absolute Gasteiger partial charge is 0.247 e. The number of aromatic hydroxyl groups is 1. The molecule has 0 spiro atoms. The van der Waals surface area contributed by atoms with Gasteiger partial charge in [0.15, 0.2) is 5.75 Å². The molecule has 8 nitrogen and oxygen atoms in total. The zero-order chi connectivity index (χ0) is 32.9. The Morgan fingerprint density at radius 3 is 1.85 bits per heavy atom. The first-order valence-corrected chi connectivity index (χ1v) is 17.5. The fourth-order valence-corrected chi connectivity index (χ4v) is 7.86. The highest BCUT2D eigenvalue weighted by molar-refractivity contribution is 7.89. The molecule has 0 aliphatic rings. The van der Waals surface area contributed by atoms with Crippen LogP contribution in [0.25, 0.3) is 11.1 Å². The summed E-state index contributed by atoms with van der Waals surface area (Å²) in [5.41, 5.74) is 4.33. The van der Waals surface area contributed by atoms with E-state index in [2.05, 4.69) is 4.72 Å². The van der Waals surface area contributed by atoms with Gasteiger partial charge in [0.25, 0.3) is 0 Å². The van der Waals surface area contributed by atoms with Crippen molar-refractivity contribution in [3.8, 4) is 22.9 Å². The van der Waals surface area contributed by atoms with Gasteiger partial charge in [-0.25, -0.2) is 21.6 Å². The first-order chi connectivity index (χ1) is 22.0. The standard InChI is InChI=1S/C34H27Cl2N3O5S2/c35-30-18-32(36)34(40)33(19-30)46(43,44)39(23-27-10-14-29(15-11-27)28-4-2-1-3-5-28)22-26-8-6-25(7-9-26)21-38-45(41,42)31-16-12-24(20-37)13-17-31/h1-19,38,40H,21-23H2. The molecule has 0 aliphatic carbocycles. The maximum absolute atomic E-state index is 14.0. The van der Waals surface area contributed by atoms with Crippen LogP contribution in [-0.2, 0) is 39.7 Å². The SMILES string of the molecule is N#Cc1ccc(S(=O)(=O)NCc2ccc(CN(Cc3ccc(-c4ccccc4)cc3)S(=O)(=O)c3cc(Cl)cc(Cl)c3O)cc2)cc1. The first-order valence-electron chi connectivity index (χ1n) is 13.9. The van der Waals surface area contributed by atoms with Crippen LogP contribution in [0.1, 0.15) is 22.3 Å². The molecule has 46 heavy (non-hydrogen) atoms. The van der Waals surface area contributed by atoms with E-state index in [0.29, 0.717) is 22.3 Å². The maximum atomic E-state index is 14.0. The molecular formula is C34H27Cl2N3O5S2. The number of benzene rings is 5. The van der Waals surface area contributed by atoms with E-state index in [1.807, 2.05) is 60.7 Å². The molecule has 0 amide bonds. The number of nitrogens with zero attached hydrogens (tertiary/aromatic N) is 2. The molecule has 2 N–H and O–H groups in total. The summed E-state index contributed by atoms with van der Waals surface area (Å²) in [5, 5.41) is 19.4. The van der Waals surface area contributed by atoms with Crippen LogP contribution in [0.5, 0.6) is 5.75 Å². The Kier molecular flexibility index (Phi) is 10.1. The maximum Gasteiger partial charge on any atom is 0.247 e. The fraction of sp³-hybridized carbons (Fsp3) is 0.0882. The predicted octanol–water partition coefficient (Wildman–Crippen LogP) is 7.11. The lowest BCUT2D eigenvalue weighted by atomic mass is 10.0. The van der Waals surface area contributed by atoms with Gasteiger partial charge in [0.1, 0.15) is 4.90 Å². The van der Waals surface area contributed by atoms with Crippen LogP contribution in [0, 0.1) is 11.3 Å². The van der Waals surface area contributed by atoms with Crippen LogP contribution < -0.4 is 4.72 Å². The number of sulfonamides is 2. The average Bonchev–Trinajstić information content (AvgIpc) is 3.06. The van der Waals surface area contributed by atoms with Crippen LogP contribution in [-0.4, -0.2) is 26.2 Å². The zero-order valence-electron chi connectivity index (χ0n) is 24.1. The second kappa shape index (κ2) is 14.1. The van der Waals surface area contributed by atoms with Gasteiger partial charge in [-0.1, -0.05) is 102 Å². The summed E-state index contributed by atoms with van der Waals surface area (Å²) in [6.45, 7) is -0.0933. The molecule has 5 rings (SSSR count). The molecule has 0 saturated heterocycles. The Labute approximate surface area is 278 Å². The van der Waals surface area contributed by atoms with Gasteiger partial charge in [0.05, 0.1) is 21.6 Å². The fourth-order valence-electron chi connectivity index (χ4n) is 4.68. The Balaban J connectivity index is 1.38. The Bertz CT molecular complexity index is 2100. The number of nitrogens with one attached hydrogen (secondary N) is 1.